The highest BCUT2D eigenvalue weighted by Gasteiger charge is 2.47. The van der Waals surface area contributed by atoms with Crippen LogP contribution in [0.3, 0.4) is 0 Å². The molecule has 2 aromatic heterocycles. The zero-order chi connectivity index (χ0) is 50.2. The number of carbonyl (C=O) groups is 8. The number of amides is 6. The molecule has 1 aliphatic rings. The lowest BCUT2D eigenvalue weighted by Gasteiger charge is -2.37. The Labute approximate surface area is 400 Å². The second-order valence-electron chi connectivity index (χ2n) is 16.6. The van der Waals surface area contributed by atoms with Gasteiger partial charge in [0.25, 0.3) is 33.7 Å². The average molecular weight is 1010 g/mol. The Morgan fingerprint density at radius 2 is 1.65 bits per heavy atom. The number of hydrogen-bond donors (Lipinski definition) is 7. The molecule has 4 rings (SSSR count). The minimum atomic E-state index is -4.96. The molecule has 3 aromatic rings. The lowest BCUT2D eigenvalue weighted by atomic mass is 9.84. The van der Waals surface area contributed by atoms with Gasteiger partial charge in [-0.15, -0.1) is 10.2 Å². The number of ketones is 1. The van der Waals surface area contributed by atoms with Gasteiger partial charge in [0.2, 0.25) is 33.5 Å². The quantitative estimate of drug-likeness (QED) is 0.0278. The average Bonchev–Trinajstić information content (AvgIpc) is 3.78. The molecule has 0 aliphatic heterocycles. The van der Waals surface area contributed by atoms with E-state index in [0.29, 0.717) is 24.2 Å². The van der Waals surface area contributed by atoms with E-state index >= 15 is 0 Å². The third-order valence-electron chi connectivity index (χ3n) is 10.8. The first-order valence-electron chi connectivity index (χ1n) is 21.7. The molecule has 0 bridgehead atoms. The lowest BCUT2D eigenvalue weighted by molar-refractivity contribution is -0.141. The lowest BCUT2D eigenvalue weighted by Crippen LogP contribution is -2.71. The molecule has 68 heavy (non-hydrogen) atoms. The molecule has 1 fully saturated rings. The van der Waals surface area contributed by atoms with E-state index in [4.69, 9.17) is 11.6 Å². The Balaban J connectivity index is 1.71. The number of hydrogen-bond acceptors (Lipinski definition) is 15. The number of Topliss-reactive ketones (excluding diaryl/α,β-unsaturated/α-hetero) is 1. The van der Waals surface area contributed by atoms with Gasteiger partial charge in [-0.05, 0) is 48.8 Å². The number of rotatable bonds is 25. The molecular weight excluding hydrogens is 956 g/mol. The highest BCUT2D eigenvalue weighted by atomic mass is 35.5. The molecule has 7 N–H and O–H groups in total. The van der Waals surface area contributed by atoms with Gasteiger partial charge in [0.1, 0.15) is 30.1 Å². The van der Waals surface area contributed by atoms with Crippen molar-refractivity contribution >= 4 is 85.6 Å². The molecule has 0 radical (unpaired) electrons. The van der Waals surface area contributed by atoms with E-state index in [0.717, 1.165) is 25.5 Å². The van der Waals surface area contributed by atoms with Crippen LogP contribution in [0.2, 0.25) is 5.02 Å². The van der Waals surface area contributed by atoms with Crippen LogP contribution in [0, 0.1) is 17.8 Å². The maximum atomic E-state index is 14.9. The minimum Gasteiger partial charge on any atom is -0.344 e. The first kappa shape index (κ1) is 54.7. The number of sulfonamides is 1. The van der Waals surface area contributed by atoms with E-state index in [9.17, 15) is 55.6 Å². The minimum absolute atomic E-state index is 0.0275. The number of nitrogens with zero attached hydrogens (tertiary/aromatic N) is 4. The van der Waals surface area contributed by atoms with Crippen molar-refractivity contribution < 1.29 is 55.6 Å². The number of nitrogens with one attached hydrogen (secondary N) is 7. The molecule has 2 heterocycles. The van der Waals surface area contributed by atoms with Crippen LogP contribution in [0.1, 0.15) is 106 Å². The summed E-state index contributed by atoms with van der Waals surface area (Å²) < 4.78 is 57.5. The van der Waals surface area contributed by atoms with Crippen LogP contribution in [0.15, 0.2) is 47.2 Å². The molecule has 370 valence electrons. The molecule has 0 saturated heterocycles. The second kappa shape index (κ2) is 25.4. The highest BCUT2D eigenvalue weighted by molar-refractivity contribution is 7.91. The van der Waals surface area contributed by atoms with Gasteiger partial charge in [0.05, 0.1) is 12.7 Å². The predicted molar refractivity (Wildman–Crippen MR) is 242 cm³/mol. The standard InChI is InChI=1S/C42H54ClF2N11O10S2/c1-5-24(4)32(37(62)50-29(18-25-10-7-6-8-11-25)35(60)49-28(20-31(44)45)33(58)38(63)48-16-17-57)51-39(64)42(21-23(2)3,53-36(61)30-22-46-14-15-47-30)56-68(65,66)41-55-54-40(67-41)52-34(59)26-12-9-13-27(43)19-26/h9,12-15,17,19,22-25,28-29,31-32,56H,5-8,10-11,16,18,20-21H2,1-4H3,(H,48,63)(H,49,60)(H,50,62)(H,51,64)(H,53,61)(H,52,54,59). The van der Waals surface area contributed by atoms with Crippen LogP contribution in [-0.2, 0) is 38.8 Å². The molecule has 0 spiro atoms. The Morgan fingerprint density at radius 1 is 0.941 bits per heavy atom. The topological polar surface area (TPSA) is 306 Å². The summed E-state index contributed by atoms with van der Waals surface area (Å²) in [6, 6.07) is 0.774. The number of aromatic nitrogens is 4. The summed E-state index contributed by atoms with van der Waals surface area (Å²) in [6.07, 6.45) is 2.88. The summed E-state index contributed by atoms with van der Waals surface area (Å²) in [5, 5.41) is 21.7. The van der Waals surface area contributed by atoms with Crippen LogP contribution in [0.4, 0.5) is 13.9 Å². The van der Waals surface area contributed by atoms with Crippen LogP contribution < -0.4 is 36.6 Å². The van der Waals surface area contributed by atoms with Crippen molar-refractivity contribution in [1.29, 1.82) is 0 Å². The van der Waals surface area contributed by atoms with Gasteiger partial charge < -0.3 is 31.4 Å². The van der Waals surface area contributed by atoms with E-state index < -0.39 is 117 Å². The molecule has 5 atom stereocenters. The Hall–Kier alpha value is -5.92. The van der Waals surface area contributed by atoms with Crippen molar-refractivity contribution in [3.63, 3.8) is 0 Å². The van der Waals surface area contributed by atoms with Crippen molar-refractivity contribution in [3.05, 3.63) is 59.1 Å². The predicted octanol–water partition coefficient (Wildman–Crippen LogP) is 2.69. The fourth-order valence-electron chi connectivity index (χ4n) is 7.32. The molecule has 1 saturated carbocycles. The van der Waals surface area contributed by atoms with Gasteiger partial charge in [0.15, 0.2) is 5.66 Å². The number of alkyl halides is 2. The van der Waals surface area contributed by atoms with Crippen LogP contribution in [0.25, 0.3) is 0 Å². The Bertz CT molecular complexity index is 2390. The number of anilines is 1. The SMILES string of the molecule is CCC(C)C(NC(=O)C(CC(C)C)(NC(=O)c1cnccn1)NS(=O)(=O)c1nnc(NC(=O)c2cccc(Cl)c2)s1)C(=O)NC(CC1CCCCC1)C(=O)NC(CC(F)F)C(=O)C(=O)NCC=O. The van der Waals surface area contributed by atoms with E-state index in [-0.39, 0.29) is 46.5 Å². The maximum absolute atomic E-state index is 14.9. The maximum Gasteiger partial charge on any atom is 0.289 e. The van der Waals surface area contributed by atoms with Crippen molar-refractivity contribution in [2.24, 2.45) is 17.8 Å². The van der Waals surface area contributed by atoms with Crippen molar-refractivity contribution in [3.8, 4) is 0 Å². The molecule has 6 amide bonds. The van der Waals surface area contributed by atoms with E-state index in [1.807, 2.05) is 5.32 Å². The summed E-state index contributed by atoms with van der Waals surface area (Å²) in [6.45, 7) is 5.89. The fraction of sp³-hybridized carbons (Fsp3) is 0.524. The number of halogens is 3. The van der Waals surface area contributed by atoms with Crippen molar-refractivity contribution in [2.75, 3.05) is 11.9 Å². The number of benzene rings is 1. The van der Waals surface area contributed by atoms with Gasteiger partial charge in [-0.3, -0.25) is 43.9 Å². The molecular formula is C42H54ClF2N11O10S2. The van der Waals surface area contributed by atoms with Crippen LogP contribution in [-0.4, -0.2) is 113 Å². The van der Waals surface area contributed by atoms with Crippen LogP contribution in [0.5, 0.6) is 0 Å². The summed E-state index contributed by atoms with van der Waals surface area (Å²) in [5.74, 6) is -9.39. The smallest absolute Gasteiger partial charge is 0.289 e. The molecule has 21 nitrogen and oxygen atoms in total. The number of aldehydes is 1. The van der Waals surface area contributed by atoms with Gasteiger partial charge in [-0.25, -0.2) is 22.2 Å². The van der Waals surface area contributed by atoms with E-state index in [1.165, 1.54) is 30.6 Å². The van der Waals surface area contributed by atoms with Gasteiger partial charge in [-0.1, -0.05) is 95.2 Å². The zero-order valence-electron chi connectivity index (χ0n) is 37.6. The largest absolute Gasteiger partial charge is 0.344 e. The highest BCUT2D eigenvalue weighted by Crippen LogP contribution is 2.29. The summed E-state index contributed by atoms with van der Waals surface area (Å²) >= 11 is 6.42. The first-order chi connectivity index (χ1) is 32.2. The van der Waals surface area contributed by atoms with Gasteiger partial charge in [-0.2, -0.15) is 4.72 Å². The molecule has 1 aliphatic carbocycles. The molecule has 26 heteroatoms. The van der Waals surface area contributed by atoms with E-state index in [1.54, 1.807) is 33.8 Å². The monoisotopic (exact) mass is 1010 g/mol. The van der Waals surface area contributed by atoms with Gasteiger partial charge >= 0.3 is 0 Å². The molecule has 5 unspecified atom stereocenters. The third kappa shape index (κ3) is 15.8. The van der Waals surface area contributed by atoms with Crippen LogP contribution >= 0.6 is 22.9 Å². The normalized spacial score (nSPS) is 15.7. The number of carbonyl (C=O) groups excluding carboxylic acids is 8. The van der Waals surface area contributed by atoms with Crippen molar-refractivity contribution in [1.82, 2.24) is 51.5 Å². The third-order valence-corrected chi connectivity index (χ3v) is 13.7. The Morgan fingerprint density at radius 3 is 2.26 bits per heavy atom. The van der Waals surface area contributed by atoms with Crippen molar-refractivity contribution in [2.45, 2.75) is 120 Å². The summed E-state index contributed by atoms with van der Waals surface area (Å²) in [7, 11) is -4.96. The van der Waals surface area contributed by atoms with E-state index in [2.05, 4.69) is 51.5 Å². The summed E-state index contributed by atoms with van der Waals surface area (Å²) in [4.78, 5) is 114. The fourth-order valence-corrected chi connectivity index (χ4v) is 9.70. The summed E-state index contributed by atoms with van der Waals surface area (Å²) in [5.41, 5.74) is -2.83. The second-order valence-corrected chi connectivity index (χ2v) is 19.8. The van der Waals surface area contributed by atoms with Gasteiger partial charge in [0, 0.05) is 29.4 Å². The zero-order valence-corrected chi connectivity index (χ0v) is 39.9. The Kier molecular flexibility index (Phi) is 20.5. The first-order valence-corrected chi connectivity index (χ1v) is 24.3. The molecule has 1 aromatic carbocycles.